The zero-order valence-electron chi connectivity index (χ0n) is 41.0. The van der Waals surface area contributed by atoms with Crippen LogP contribution in [0.25, 0.3) is 55.3 Å². The minimum Gasteiger partial charge on any atom is -0.479 e. The maximum absolute atomic E-state index is 7.25. The molecular formula is C70H48N2O2. The van der Waals surface area contributed by atoms with Gasteiger partial charge in [0.25, 0.3) is 0 Å². The van der Waals surface area contributed by atoms with Crippen molar-refractivity contribution in [1.82, 2.24) is 4.57 Å². The maximum atomic E-state index is 7.25. The summed E-state index contributed by atoms with van der Waals surface area (Å²) in [6, 6.07) is 80.3. The fraction of sp³-hybridized carbons (Fsp3) is 0.114. The number of hydrogen-bond donors (Lipinski definition) is 0. The molecule has 9 aromatic carbocycles. The van der Waals surface area contributed by atoms with Gasteiger partial charge in [0.05, 0.1) is 27.5 Å². The number of nitrogens with zero attached hydrogens (tertiary/aromatic N) is 2. The van der Waals surface area contributed by atoms with Crippen molar-refractivity contribution in [3.8, 4) is 27.9 Å². The van der Waals surface area contributed by atoms with Gasteiger partial charge in [-0.25, -0.2) is 0 Å². The first-order valence-corrected chi connectivity index (χ1v) is 26.0. The topological polar surface area (TPSA) is 26.6 Å². The number of fused-ring (bicyclic) bond motifs is 18. The van der Waals surface area contributed by atoms with Gasteiger partial charge in [0.1, 0.15) is 0 Å². The average Bonchev–Trinajstić information content (AvgIpc) is 4.23. The second-order valence-electron chi connectivity index (χ2n) is 21.2. The van der Waals surface area contributed by atoms with E-state index in [1.54, 1.807) is 0 Å². The summed E-state index contributed by atoms with van der Waals surface area (Å²) in [5.74, 6) is 1.87. The van der Waals surface area contributed by atoms with Crippen LogP contribution in [0.5, 0.6) is 0 Å². The highest BCUT2D eigenvalue weighted by molar-refractivity contribution is 6.10. The van der Waals surface area contributed by atoms with Crippen LogP contribution in [0.2, 0.25) is 0 Å². The van der Waals surface area contributed by atoms with Gasteiger partial charge in [-0.2, -0.15) is 0 Å². The number of ether oxygens (including phenoxy) is 2. The first-order chi connectivity index (χ1) is 36.4. The van der Waals surface area contributed by atoms with Gasteiger partial charge in [0.2, 0.25) is 0 Å². The van der Waals surface area contributed by atoms with Crippen LogP contribution in [-0.2, 0) is 20.3 Å². The molecule has 3 unspecified atom stereocenters. The Kier molecular flexibility index (Phi) is 8.56. The van der Waals surface area contributed by atoms with E-state index in [9.17, 15) is 0 Å². The molecule has 0 N–H and O–H groups in total. The number of allylic oxidation sites excluding steroid dienone is 4. The number of benzene rings is 8. The lowest BCUT2D eigenvalue weighted by Crippen LogP contribution is -2.39. The predicted octanol–water partition coefficient (Wildman–Crippen LogP) is 16.4. The first kappa shape index (κ1) is 41.6. The Labute approximate surface area is 431 Å². The number of aromatic nitrogens is 1. The lowest BCUT2D eigenvalue weighted by atomic mass is 9.65. The van der Waals surface area contributed by atoms with Crippen molar-refractivity contribution in [2.24, 2.45) is 5.92 Å². The molecule has 10 aromatic rings. The Hall–Kier alpha value is -9.04. The maximum Gasteiger partial charge on any atom is 0.158 e. The molecule has 4 atom stereocenters. The summed E-state index contributed by atoms with van der Waals surface area (Å²) < 4.78 is 16.6. The molecule has 5 aliphatic carbocycles. The minimum atomic E-state index is -0.356. The first-order valence-electron chi connectivity index (χ1n) is 26.0. The lowest BCUT2D eigenvalue weighted by Gasteiger charge is -2.41. The van der Waals surface area contributed by atoms with Gasteiger partial charge in [0, 0.05) is 45.3 Å². The van der Waals surface area contributed by atoms with Crippen LogP contribution in [0.1, 0.15) is 58.7 Å². The van der Waals surface area contributed by atoms with E-state index in [4.69, 9.17) is 9.47 Å². The molecule has 4 heteroatoms. The van der Waals surface area contributed by atoms with Crippen molar-refractivity contribution in [2.45, 2.75) is 42.8 Å². The second-order valence-corrected chi connectivity index (χ2v) is 21.2. The monoisotopic (exact) mass is 948 g/mol. The minimum absolute atomic E-state index is 0.0973. The highest BCUT2D eigenvalue weighted by atomic mass is 16.6. The van der Waals surface area contributed by atoms with Gasteiger partial charge in [-0.3, -0.25) is 0 Å². The van der Waals surface area contributed by atoms with Crippen LogP contribution in [-0.4, -0.2) is 16.8 Å². The molecule has 350 valence electrons. The summed E-state index contributed by atoms with van der Waals surface area (Å²) in [5.41, 5.74) is 21.5. The van der Waals surface area contributed by atoms with Crippen LogP contribution in [0.3, 0.4) is 0 Å². The number of para-hydroxylation sites is 2. The van der Waals surface area contributed by atoms with E-state index in [-0.39, 0.29) is 34.9 Å². The summed E-state index contributed by atoms with van der Waals surface area (Å²) in [7, 11) is 0. The van der Waals surface area contributed by atoms with Gasteiger partial charge in [-0.1, -0.05) is 172 Å². The molecule has 16 rings (SSSR count). The van der Waals surface area contributed by atoms with Crippen LogP contribution in [0, 0.1) is 18.1 Å². The van der Waals surface area contributed by atoms with Crippen LogP contribution < -0.4 is 4.90 Å². The summed E-state index contributed by atoms with van der Waals surface area (Å²) in [4.78, 5) is 2.45. The van der Waals surface area contributed by atoms with Crippen molar-refractivity contribution in [1.29, 1.82) is 0 Å². The van der Waals surface area contributed by atoms with E-state index < -0.39 is 0 Å². The normalized spacial score (nSPS) is 20.3. The number of rotatable bonds is 5. The summed E-state index contributed by atoms with van der Waals surface area (Å²) in [5, 5.41) is 2.15. The highest BCUT2D eigenvalue weighted by Crippen LogP contribution is 2.66. The van der Waals surface area contributed by atoms with E-state index in [1.165, 1.54) is 55.6 Å². The van der Waals surface area contributed by atoms with Crippen LogP contribution >= 0.6 is 0 Å². The summed E-state index contributed by atoms with van der Waals surface area (Å²) >= 11 is 0. The molecule has 0 saturated carbocycles. The average molecular weight is 949 g/mol. The van der Waals surface area contributed by atoms with E-state index in [0.29, 0.717) is 0 Å². The molecule has 1 fully saturated rings. The Bertz CT molecular complexity index is 4120. The zero-order valence-corrected chi connectivity index (χ0v) is 41.0. The van der Waals surface area contributed by atoms with Crippen molar-refractivity contribution >= 4 is 44.4 Å². The fourth-order valence-corrected chi connectivity index (χ4v) is 14.1. The van der Waals surface area contributed by atoms with Gasteiger partial charge in [-0.15, -0.1) is 0 Å². The Morgan fingerprint density at radius 3 is 1.93 bits per heavy atom. The molecule has 0 radical (unpaired) electrons. The molecule has 4 nitrogen and oxygen atoms in total. The molecule has 1 saturated heterocycles. The van der Waals surface area contributed by atoms with E-state index >= 15 is 0 Å². The molecule has 0 amide bonds. The third-order valence-corrected chi connectivity index (χ3v) is 17.3. The Morgan fingerprint density at radius 1 is 0.514 bits per heavy atom. The third kappa shape index (κ3) is 5.59. The standard InChI is InChI=1S/C70H48N2O2/c1-69(2)56-26-12-6-21-48(56)52-35-33-46(40-60(52)69)71(45-34-36-64-55(39-45)53-25-11-17-31-63(53)72(64)44-18-4-3-5-19-44)62-30-16-10-20-47(62)43-32-37-65-66(38-43)74-68-42-61-54(41-67(68)73-65)51-24-9-15-29-59(51)70(61)57-27-13-7-22-49(57)50-23-8-14-28-58(50)70/h3-10,12-24,26-42,54,61,65-66H,1-2H3/t54?,61-,65?,66?/m1/s1. The third-order valence-electron chi connectivity index (χ3n) is 17.3. The fourth-order valence-electron chi connectivity index (χ4n) is 14.1. The quantitative estimate of drug-likeness (QED) is 0.172. The zero-order chi connectivity index (χ0) is 48.9. The highest BCUT2D eigenvalue weighted by Gasteiger charge is 2.58. The van der Waals surface area contributed by atoms with Crippen LogP contribution in [0.4, 0.5) is 17.1 Å². The molecule has 74 heavy (non-hydrogen) atoms. The summed E-state index contributed by atoms with van der Waals surface area (Å²) in [6.07, 6.45) is 10.9. The van der Waals surface area contributed by atoms with Crippen LogP contribution in [0.15, 0.2) is 242 Å². The second kappa shape index (κ2) is 15.2. The van der Waals surface area contributed by atoms with Gasteiger partial charge in [0.15, 0.2) is 23.7 Å². The Balaban J connectivity index is 0.828. The summed E-state index contributed by atoms with van der Waals surface area (Å²) in [6.45, 7) is 4.71. The van der Waals surface area contributed by atoms with Gasteiger partial charge >= 0.3 is 0 Å². The van der Waals surface area contributed by atoms with Gasteiger partial charge in [-0.05, 0) is 146 Å². The van der Waals surface area contributed by atoms with Crippen molar-refractivity contribution < 1.29 is 9.47 Å². The van der Waals surface area contributed by atoms with E-state index in [1.807, 2.05) is 6.07 Å². The smallest absolute Gasteiger partial charge is 0.158 e. The molecule has 6 aliphatic rings. The van der Waals surface area contributed by atoms with Gasteiger partial charge < -0.3 is 18.9 Å². The molecule has 1 spiro atoms. The SMILES string of the molecule is CC1(C)c2ccccc2-c2ccc(N(c3ccc4c(c3)c3c#cccc3n4-c3ccccc3)c3ccccc3C3=CC4OC5=C[C@@H]6C(C=C5OC4C=C3)c3ccccc3C63c4ccccc4-c4ccccc43)cc21. The molecule has 1 aliphatic heterocycles. The lowest BCUT2D eigenvalue weighted by molar-refractivity contribution is -0.0251. The Morgan fingerprint density at radius 2 is 1.14 bits per heavy atom. The van der Waals surface area contributed by atoms with Crippen molar-refractivity contribution in [3.05, 3.63) is 293 Å². The van der Waals surface area contributed by atoms with E-state index in [2.05, 4.69) is 260 Å². The van der Waals surface area contributed by atoms with Crippen molar-refractivity contribution in [2.75, 3.05) is 4.90 Å². The molecule has 2 heterocycles. The van der Waals surface area contributed by atoms with E-state index in [0.717, 1.165) is 67.2 Å². The molecule has 0 bridgehead atoms. The largest absolute Gasteiger partial charge is 0.479 e. The number of anilines is 3. The molecule has 1 aromatic heterocycles. The molecular weight excluding hydrogens is 901 g/mol. The predicted molar refractivity (Wildman–Crippen MR) is 298 cm³/mol. The van der Waals surface area contributed by atoms with Crippen molar-refractivity contribution in [3.63, 3.8) is 0 Å². The number of hydrogen-bond acceptors (Lipinski definition) is 3.